The van der Waals surface area contributed by atoms with Gasteiger partial charge in [-0.2, -0.15) is 0 Å². The van der Waals surface area contributed by atoms with Gasteiger partial charge in [-0.1, -0.05) is 11.6 Å². The van der Waals surface area contributed by atoms with Gasteiger partial charge in [-0.3, -0.25) is 0 Å². The van der Waals surface area contributed by atoms with Crippen LogP contribution < -0.4 is 10.5 Å². The number of hydrogen-bond donors (Lipinski definition) is 1. The molecule has 0 amide bonds. The number of nitrogens with two attached hydrogens (primary N) is 1. The third kappa shape index (κ3) is 2.83. The second-order valence-corrected chi connectivity index (χ2v) is 4.27. The van der Waals surface area contributed by atoms with E-state index in [4.69, 9.17) is 26.5 Å². The van der Waals surface area contributed by atoms with Gasteiger partial charge in [0.05, 0.1) is 5.02 Å². The summed E-state index contributed by atoms with van der Waals surface area (Å²) in [6.45, 7) is 2.07. The van der Waals surface area contributed by atoms with Gasteiger partial charge >= 0.3 is 0 Å². The fraction of sp³-hybridized carbons (Fsp3) is 0.231. The Morgan fingerprint density at radius 2 is 2.17 bits per heavy atom. The molecular formula is C13H13ClFNO2. The maximum Gasteiger partial charge on any atom is 0.168 e. The molecule has 0 aliphatic heterocycles. The summed E-state index contributed by atoms with van der Waals surface area (Å²) < 4.78 is 24.0. The number of aryl methyl sites for hydroxylation is 1. The summed E-state index contributed by atoms with van der Waals surface area (Å²) in [5, 5.41) is 0.205. The van der Waals surface area contributed by atoms with Gasteiger partial charge in [0.15, 0.2) is 6.10 Å². The van der Waals surface area contributed by atoms with E-state index in [0.717, 1.165) is 5.76 Å². The molecule has 3 nitrogen and oxygen atoms in total. The Balaban J connectivity index is 2.20. The largest absolute Gasteiger partial charge is 0.480 e. The number of benzene rings is 1. The molecule has 0 spiro atoms. The molecule has 0 radical (unpaired) electrons. The Hall–Kier alpha value is -1.52. The van der Waals surface area contributed by atoms with E-state index in [1.54, 1.807) is 6.07 Å². The second kappa shape index (κ2) is 5.42. The zero-order chi connectivity index (χ0) is 13.1. The zero-order valence-corrected chi connectivity index (χ0v) is 10.6. The molecule has 5 heteroatoms. The van der Waals surface area contributed by atoms with Crippen LogP contribution >= 0.6 is 11.6 Å². The number of furan rings is 1. The second-order valence-electron chi connectivity index (χ2n) is 3.87. The van der Waals surface area contributed by atoms with Crippen molar-refractivity contribution >= 4 is 11.6 Å². The topological polar surface area (TPSA) is 48.4 Å². The summed E-state index contributed by atoms with van der Waals surface area (Å²) in [7, 11) is 0. The number of halogens is 2. The minimum atomic E-state index is -0.443. The Bertz CT molecular complexity index is 542. The molecule has 2 N–H and O–H groups in total. The fourth-order valence-electron chi connectivity index (χ4n) is 1.57. The van der Waals surface area contributed by atoms with Crippen LogP contribution in [0.1, 0.15) is 17.6 Å². The summed E-state index contributed by atoms with van der Waals surface area (Å²) in [6.07, 6.45) is -0.443. The van der Waals surface area contributed by atoms with Gasteiger partial charge in [-0.25, -0.2) is 4.39 Å². The lowest BCUT2D eigenvalue weighted by Gasteiger charge is -2.16. The van der Waals surface area contributed by atoms with Crippen molar-refractivity contribution in [2.45, 2.75) is 13.0 Å². The summed E-state index contributed by atoms with van der Waals surface area (Å²) in [6, 6.07) is 7.56. The Kier molecular flexibility index (Phi) is 3.89. The van der Waals surface area contributed by atoms with Gasteiger partial charge in [0.25, 0.3) is 0 Å². The number of hydrogen-bond acceptors (Lipinski definition) is 3. The van der Waals surface area contributed by atoms with Crippen LogP contribution in [0.5, 0.6) is 5.75 Å². The molecule has 2 rings (SSSR count). The van der Waals surface area contributed by atoms with E-state index >= 15 is 0 Å². The van der Waals surface area contributed by atoms with E-state index in [1.165, 1.54) is 18.2 Å². The zero-order valence-electron chi connectivity index (χ0n) is 9.82. The lowest BCUT2D eigenvalue weighted by Crippen LogP contribution is -2.18. The van der Waals surface area contributed by atoms with Crippen molar-refractivity contribution in [2.75, 3.05) is 6.54 Å². The molecule has 1 unspecified atom stereocenters. The molecule has 1 aromatic heterocycles. The van der Waals surface area contributed by atoms with Gasteiger partial charge in [0, 0.05) is 6.54 Å². The molecule has 0 bridgehead atoms. The molecule has 0 saturated carbocycles. The van der Waals surface area contributed by atoms with E-state index in [0.29, 0.717) is 11.5 Å². The van der Waals surface area contributed by atoms with Gasteiger partial charge in [-0.15, -0.1) is 0 Å². The van der Waals surface area contributed by atoms with Crippen molar-refractivity contribution in [3.05, 3.63) is 52.7 Å². The Morgan fingerprint density at radius 1 is 1.39 bits per heavy atom. The fourth-order valence-corrected chi connectivity index (χ4v) is 1.78. The van der Waals surface area contributed by atoms with E-state index in [-0.39, 0.29) is 11.6 Å². The van der Waals surface area contributed by atoms with Crippen molar-refractivity contribution in [3.8, 4) is 5.75 Å². The van der Waals surface area contributed by atoms with Crippen LogP contribution in [0.3, 0.4) is 0 Å². The summed E-state index contributed by atoms with van der Waals surface area (Å²) in [5.74, 6) is 1.36. The van der Waals surface area contributed by atoms with Crippen molar-refractivity contribution in [1.29, 1.82) is 0 Å². The van der Waals surface area contributed by atoms with Crippen LogP contribution in [0.25, 0.3) is 0 Å². The average molecular weight is 270 g/mol. The van der Waals surface area contributed by atoms with Crippen molar-refractivity contribution in [3.63, 3.8) is 0 Å². The summed E-state index contributed by atoms with van der Waals surface area (Å²) in [4.78, 5) is 0. The first kappa shape index (κ1) is 12.9. The van der Waals surface area contributed by atoms with Crippen LogP contribution in [0.4, 0.5) is 4.39 Å². The lowest BCUT2D eigenvalue weighted by molar-refractivity contribution is 0.182. The first-order chi connectivity index (χ1) is 8.60. The highest BCUT2D eigenvalue weighted by molar-refractivity contribution is 6.32. The van der Waals surface area contributed by atoms with E-state index in [2.05, 4.69) is 0 Å². The van der Waals surface area contributed by atoms with Crippen LogP contribution in [-0.2, 0) is 0 Å². The molecule has 0 saturated heterocycles. The normalized spacial score (nSPS) is 12.4. The highest BCUT2D eigenvalue weighted by atomic mass is 35.5. The van der Waals surface area contributed by atoms with Gasteiger partial charge in [0.1, 0.15) is 23.1 Å². The highest BCUT2D eigenvalue weighted by Gasteiger charge is 2.17. The smallest absolute Gasteiger partial charge is 0.168 e. The Labute approximate surface area is 109 Å². The number of rotatable bonds is 4. The summed E-state index contributed by atoms with van der Waals surface area (Å²) >= 11 is 5.89. The molecule has 2 aromatic rings. The minimum Gasteiger partial charge on any atom is -0.480 e. The van der Waals surface area contributed by atoms with Crippen molar-refractivity contribution in [1.82, 2.24) is 0 Å². The van der Waals surface area contributed by atoms with Gasteiger partial charge in [-0.05, 0) is 37.3 Å². The predicted octanol–water partition coefficient (Wildman–Crippen LogP) is 3.46. The first-order valence-electron chi connectivity index (χ1n) is 5.48. The van der Waals surface area contributed by atoms with Gasteiger partial charge in [0.2, 0.25) is 0 Å². The van der Waals surface area contributed by atoms with Gasteiger partial charge < -0.3 is 14.9 Å². The molecule has 0 fully saturated rings. The quantitative estimate of drug-likeness (QED) is 0.925. The van der Waals surface area contributed by atoms with Crippen LogP contribution in [-0.4, -0.2) is 6.54 Å². The molecule has 1 aromatic carbocycles. The van der Waals surface area contributed by atoms with E-state index in [1.807, 2.05) is 13.0 Å². The third-order valence-electron chi connectivity index (χ3n) is 2.46. The molecule has 1 atom stereocenters. The molecular weight excluding hydrogens is 257 g/mol. The van der Waals surface area contributed by atoms with Crippen LogP contribution in [0.15, 0.2) is 34.7 Å². The average Bonchev–Trinajstić information content (AvgIpc) is 2.75. The van der Waals surface area contributed by atoms with Crippen molar-refractivity contribution in [2.24, 2.45) is 5.73 Å². The summed E-state index contributed by atoms with van der Waals surface area (Å²) in [5.41, 5.74) is 5.64. The minimum absolute atomic E-state index is 0.205. The van der Waals surface area contributed by atoms with Crippen LogP contribution in [0, 0.1) is 12.7 Å². The van der Waals surface area contributed by atoms with E-state index < -0.39 is 11.9 Å². The Morgan fingerprint density at radius 3 is 2.72 bits per heavy atom. The molecule has 1 heterocycles. The molecule has 96 valence electrons. The maximum absolute atomic E-state index is 12.9. The molecule has 18 heavy (non-hydrogen) atoms. The SMILES string of the molecule is Cc1ccc(C(CN)Oc2ccc(F)cc2Cl)o1. The first-order valence-corrected chi connectivity index (χ1v) is 5.86. The maximum atomic E-state index is 12.9. The van der Waals surface area contributed by atoms with Crippen LogP contribution in [0.2, 0.25) is 5.02 Å². The number of ether oxygens (including phenoxy) is 1. The predicted molar refractivity (Wildman–Crippen MR) is 67.3 cm³/mol. The highest BCUT2D eigenvalue weighted by Crippen LogP contribution is 2.29. The third-order valence-corrected chi connectivity index (χ3v) is 2.75. The van der Waals surface area contributed by atoms with Crippen molar-refractivity contribution < 1.29 is 13.5 Å². The standard InChI is InChI=1S/C13H13ClFNO2/c1-8-2-4-12(17-8)13(7-16)18-11-5-3-9(15)6-10(11)14/h2-6,13H,7,16H2,1H3. The molecule has 0 aliphatic rings. The van der Waals surface area contributed by atoms with E-state index in [9.17, 15) is 4.39 Å². The lowest BCUT2D eigenvalue weighted by atomic mass is 10.2. The molecule has 0 aliphatic carbocycles. The monoisotopic (exact) mass is 269 g/mol.